The number of benzene rings is 1. The molecular weight excluding hydrogens is 179 g/mol. The lowest BCUT2D eigenvalue weighted by atomic mass is 10.0. The molecule has 0 saturated carbocycles. The number of hydrogen-bond acceptors (Lipinski definition) is 2. The molecule has 2 rings (SSSR count). The Kier molecular flexibility index (Phi) is 2.23. The van der Waals surface area contributed by atoms with E-state index < -0.39 is 0 Å². The van der Waals surface area contributed by atoms with Gasteiger partial charge in [-0.2, -0.15) is 0 Å². The van der Waals surface area contributed by atoms with E-state index in [9.17, 15) is 4.39 Å². The average Bonchev–Trinajstić information content (AvgIpc) is 2.31. The second-order valence-corrected chi connectivity index (χ2v) is 3.80. The number of hydrogen-bond donors (Lipinski definition) is 1. The number of nitrogen functional groups attached to an aromatic ring is 1. The smallest absolute Gasteiger partial charge is 0.146 e. The molecule has 0 spiro atoms. The topological polar surface area (TPSA) is 38.4 Å². The lowest BCUT2D eigenvalue weighted by molar-refractivity contribution is 0.627. The molecule has 1 aromatic carbocycles. The molecule has 1 aromatic rings. The highest BCUT2D eigenvalue weighted by atomic mass is 19.1. The van der Waals surface area contributed by atoms with Crippen molar-refractivity contribution >= 4 is 17.6 Å². The van der Waals surface area contributed by atoms with E-state index in [4.69, 9.17) is 5.73 Å². The Labute approximate surface area is 82.7 Å². The van der Waals surface area contributed by atoms with Crippen molar-refractivity contribution in [3.05, 3.63) is 23.5 Å². The Balaban J connectivity index is 2.47. The maximum Gasteiger partial charge on any atom is 0.146 e. The molecule has 2 N–H and O–H groups in total. The predicted molar refractivity (Wildman–Crippen MR) is 56.4 cm³/mol. The van der Waals surface area contributed by atoms with Crippen LogP contribution in [-0.2, 0) is 6.42 Å². The number of nitrogens with zero attached hydrogens (tertiary/aromatic N) is 1. The Bertz CT molecular complexity index is 385. The van der Waals surface area contributed by atoms with Crippen LogP contribution in [0.1, 0.15) is 18.9 Å². The standard InChI is InChI=1S/C11H13FN2/c1-7-2-3-8-4-9(12)10(13)5-11(8)14-6-7/h4-7H,2-3,13H2,1H3. The first-order valence-corrected chi connectivity index (χ1v) is 4.79. The van der Waals surface area contributed by atoms with Crippen LogP contribution in [0, 0.1) is 11.7 Å². The van der Waals surface area contributed by atoms with Gasteiger partial charge in [-0.25, -0.2) is 4.39 Å². The summed E-state index contributed by atoms with van der Waals surface area (Å²) in [6.07, 6.45) is 3.79. The Morgan fingerprint density at radius 3 is 3.07 bits per heavy atom. The van der Waals surface area contributed by atoms with E-state index in [1.807, 2.05) is 6.21 Å². The molecule has 14 heavy (non-hydrogen) atoms. The number of nitrogens with two attached hydrogens (primary N) is 1. The van der Waals surface area contributed by atoms with E-state index in [0.717, 1.165) is 24.1 Å². The third-order valence-corrected chi connectivity index (χ3v) is 2.54. The highest BCUT2D eigenvalue weighted by molar-refractivity contribution is 5.70. The van der Waals surface area contributed by atoms with Gasteiger partial charge in [-0.05, 0) is 36.5 Å². The first kappa shape index (κ1) is 9.19. The van der Waals surface area contributed by atoms with Crippen LogP contribution in [0.15, 0.2) is 17.1 Å². The average molecular weight is 192 g/mol. The predicted octanol–water partition coefficient (Wildman–Crippen LogP) is 2.69. The van der Waals surface area contributed by atoms with Crippen molar-refractivity contribution < 1.29 is 4.39 Å². The Morgan fingerprint density at radius 1 is 1.50 bits per heavy atom. The molecule has 1 heterocycles. The Morgan fingerprint density at radius 2 is 2.29 bits per heavy atom. The third kappa shape index (κ3) is 1.62. The molecule has 0 fully saturated rings. The summed E-state index contributed by atoms with van der Waals surface area (Å²) in [5.41, 5.74) is 7.43. The van der Waals surface area contributed by atoms with Crippen molar-refractivity contribution in [2.24, 2.45) is 10.9 Å². The Hall–Kier alpha value is -1.38. The monoisotopic (exact) mass is 192 g/mol. The zero-order valence-corrected chi connectivity index (χ0v) is 8.13. The molecule has 0 saturated heterocycles. The molecule has 1 aliphatic rings. The van der Waals surface area contributed by atoms with Gasteiger partial charge < -0.3 is 5.73 Å². The van der Waals surface area contributed by atoms with E-state index >= 15 is 0 Å². The first-order chi connectivity index (χ1) is 6.66. The van der Waals surface area contributed by atoms with E-state index in [2.05, 4.69) is 11.9 Å². The summed E-state index contributed by atoms with van der Waals surface area (Å²) in [7, 11) is 0. The van der Waals surface area contributed by atoms with Gasteiger partial charge in [0, 0.05) is 6.21 Å². The van der Waals surface area contributed by atoms with Gasteiger partial charge >= 0.3 is 0 Å². The van der Waals surface area contributed by atoms with Crippen LogP contribution >= 0.6 is 0 Å². The lowest BCUT2D eigenvalue weighted by Crippen LogP contribution is -1.96. The molecule has 0 aliphatic carbocycles. The lowest BCUT2D eigenvalue weighted by Gasteiger charge is -2.05. The van der Waals surface area contributed by atoms with Crippen molar-refractivity contribution in [3.8, 4) is 0 Å². The van der Waals surface area contributed by atoms with Gasteiger partial charge in [-0.1, -0.05) is 6.92 Å². The number of fused-ring (bicyclic) bond motifs is 1. The van der Waals surface area contributed by atoms with Crippen LogP contribution in [0.3, 0.4) is 0 Å². The molecule has 3 heteroatoms. The summed E-state index contributed by atoms with van der Waals surface area (Å²) < 4.78 is 13.2. The van der Waals surface area contributed by atoms with Crippen molar-refractivity contribution in [1.29, 1.82) is 0 Å². The normalized spacial score (nSPS) is 20.3. The maximum atomic E-state index is 13.2. The van der Waals surface area contributed by atoms with Crippen LogP contribution in [-0.4, -0.2) is 6.21 Å². The first-order valence-electron chi connectivity index (χ1n) is 4.79. The fourth-order valence-corrected chi connectivity index (χ4v) is 1.60. The minimum absolute atomic E-state index is 0.176. The summed E-state index contributed by atoms with van der Waals surface area (Å²) >= 11 is 0. The number of halogens is 1. The minimum atomic E-state index is -0.339. The second kappa shape index (κ2) is 3.40. The molecule has 1 atom stereocenters. The van der Waals surface area contributed by atoms with Gasteiger partial charge in [0.05, 0.1) is 11.4 Å². The number of anilines is 1. The highest BCUT2D eigenvalue weighted by Gasteiger charge is 2.11. The van der Waals surface area contributed by atoms with Crippen molar-refractivity contribution in [1.82, 2.24) is 0 Å². The van der Waals surface area contributed by atoms with Gasteiger partial charge in [0.25, 0.3) is 0 Å². The van der Waals surface area contributed by atoms with Gasteiger partial charge in [0.2, 0.25) is 0 Å². The van der Waals surface area contributed by atoms with Crippen LogP contribution in [0.4, 0.5) is 15.8 Å². The number of aliphatic imine (C=N–C) groups is 1. The molecular formula is C11H13FN2. The zero-order valence-electron chi connectivity index (χ0n) is 8.13. The summed E-state index contributed by atoms with van der Waals surface area (Å²) in [5.74, 6) is 0.111. The van der Waals surface area contributed by atoms with Gasteiger partial charge in [0.15, 0.2) is 0 Å². The highest BCUT2D eigenvalue weighted by Crippen LogP contribution is 2.29. The number of aryl methyl sites for hydroxylation is 1. The SMILES string of the molecule is CC1C=Nc2cc(N)c(F)cc2CC1. The van der Waals surface area contributed by atoms with E-state index in [1.54, 1.807) is 6.07 Å². The third-order valence-electron chi connectivity index (χ3n) is 2.54. The molecule has 1 unspecified atom stereocenters. The van der Waals surface area contributed by atoms with Crippen LogP contribution in [0.2, 0.25) is 0 Å². The summed E-state index contributed by atoms with van der Waals surface area (Å²) in [6.45, 7) is 2.11. The van der Waals surface area contributed by atoms with Gasteiger partial charge in [-0.15, -0.1) is 0 Å². The number of rotatable bonds is 0. The van der Waals surface area contributed by atoms with Gasteiger partial charge in [-0.3, -0.25) is 4.99 Å². The van der Waals surface area contributed by atoms with Crippen molar-refractivity contribution in [2.45, 2.75) is 19.8 Å². The molecule has 0 aromatic heterocycles. The molecule has 74 valence electrons. The molecule has 2 nitrogen and oxygen atoms in total. The van der Waals surface area contributed by atoms with Crippen LogP contribution in [0.5, 0.6) is 0 Å². The van der Waals surface area contributed by atoms with E-state index in [0.29, 0.717) is 5.92 Å². The molecule has 0 bridgehead atoms. The van der Waals surface area contributed by atoms with E-state index in [1.165, 1.54) is 6.07 Å². The molecule has 0 radical (unpaired) electrons. The largest absolute Gasteiger partial charge is 0.396 e. The van der Waals surface area contributed by atoms with Crippen molar-refractivity contribution in [3.63, 3.8) is 0 Å². The van der Waals surface area contributed by atoms with Gasteiger partial charge in [0.1, 0.15) is 5.82 Å². The van der Waals surface area contributed by atoms with E-state index in [-0.39, 0.29) is 11.5 Å². The summed E-state index contributed by atoms with van der Waals surface area (Å²) in [4.78, 5) is 4.30. The molecule has 0 amide bonds. The fourth-order valence-electron chi connectivity index (χ4n) is 1.60. The zero-order chi connectivity index (χ0) is 10.1. The minimum Gasteiger partial charge on any atom is -0.396 e. The fraction of sp³-hybridized carbons (Fsp3) is 0.364. The summed E-state index contributed by atoms with van der Waals surface area (Å²) in [5, 5.41) is 0. The molecule has 1 aliphatic heterocycles. The maximum absolute atomic E-state index is 13.2. The van der Waals surface area contributed by atoms with Crippen molar-refractivity contribution in [2.75, 3.05) is 5.73 Å². The van der Waals surface area contributed by atoms with Crippen LogP contribution < -0.4 is 5.73 Å². The second-order valence-electron chi connectivity index (χ2n) is 3.80. The quantitative estimate of drug-likeness (QED) is 0.630. The van der Waals surface area contributed by atoms with Crippen LogP contribution in [0.25, 0.3) is 0 Å². The summed E-state index contributed by atoms with van der Waals surface area (Å²) in [6, 6.07) is 3.11.